The number of esters is 1. The molecule has 1 atom stereocenters. The topological polar surface area (TPSA) is 55.8 Å². The lowest BCUT2D eigenvalue weighted by molar-refractivity contribution is -0.145. The van der Waals surface area contributed by atoms with Crippen molar-refractivity contribution in [3.8, 4) is 0 Å². The minimum Gasteiger partial charge on any atom is -0.467 e. The van der Waals surface area contributed by atoms with Crippen LogP contribution in [-0.2, 0) is 14.3 Å². The Hall–Kier alpha value is -2.04. The van der Waals surface area contributed by atoms with Gasteiger partial charge in [0.15, 0.2) is 0 Å². The molecule has 1 fully saturated rings. The second-order valence-corrected chi connectivity index (χ2v) is 6.51. The summed E-state index contributed by atoms with van der Waals surface area (Å²) in [5.41, 5.74) is 0.780. The van der Waals surface area contributed by atoms with Crippen LogP contribution in [0.2, 0.25) is 0 Å². The van der Waals surface area contributed by atoms with E-state index < -0.39 is 17.7 Å². The van der Waals surface area contributed by atoms with Crippen molar-refractivity contribution in [3.63, 3.8) is 0 Å². The Labute approximate surface area is 138 Å². The number of amides is 1. The Morgan fingerprint density at radius 3 is 2.22 bits per heavy atom. The number of hydrogen-bond donors (Lipinski definition) is 0. The van der Waals surface area contributed by atoms with Crippen molar-refractivity contribution in [1.82, 2.24) is 4.90 Å². The zero-order valence-electron chi connectivity index (χ0n) is 14.7. The molecule has 1 aliphatic rings. The summed E-state index contributed by atoms with van der Waals surface area (Å²) in [7, 11) is 1.33. The van der Waals surface area contributed by atoms with Crippen LogP contribution >= 0.6 is 0 Å². The number of hydrogen-bond acceptors (Lipinski definition) is 4. The summed E-state index contributed by atoms with van der Waals surface area (Å²) in [6.07, 6.45) is 1.01. The molecule has 1 saturated heterocycles. The van der Waals surface area contributed by atoms with E-state index in [2.05, 4.69) is 23.8 Å². The Morgan fingerprint density at radius 1 is 1.17 bits per heavy atom. The first-order chi connectivity index (χ1) is 10.7. The lowest BCUT2D eigenvalue weighted by Crippen LogP contribution is -2.43. The minimum atomic E-state index is -0.541. The highest BCUT2D eigenvalue weighted by molar-refractivity contribution is 5.82. The number of methoxy groups -OCH3 is 1. The van der Waals surface area contributed by atoms with Crippen molar-refractivity contribution in [3.05, 3.63) is 35.9 Å². The molecule has 1 amide bonds. The van der Waals surface area contributed by atoms with Crippen LogP contribution in [0, 0.1) is 6.92 Å². The van der Waals surface area contributed by atoms with E-state index >= 15 is 0 Å². The van der Waals surface area contributed by atoms with Crippen LogP contribution in [0.1, 0.15) is 39.2 Å². The number of carbonyl (C=O) groups excluding carboxylic acids is 2. The predicted molar refractivity (Wildman–Crippen MR) is 89.2 cm³/mol. The van der Waals surface area contributed by atoms with Gasteiger partial charge in [-0.3, -0.25) is 4.90 Å². The summed E-state index contributed by atoms with van der Waals surface area (Å²) in [6, 6.07) is 9.78. The van der Waals surface area contributed by atoms with Gasteiger partial charge in [0.1, 0.15) is 11.6 Å². The molecule has 23 heavy (non-hydrogen) atoms. The highest BCUT2D eigenvalue weighted by Crippen LogP contribution is 2.21. The lowest BCUT2D eigenvalue weighted by atomic mass is 10.2. The van der Waals surface area contributed by atoms with Crippen LogP contribution in [0.4, 0.5) is 4.79 Å². The van der Waals surface area contributed by atoms with Gasteiger partial charge in [-0.1, -0.05) is 35.9 Å². The third-order valence-corrected chi connectivity index (χ3v) is 3.29. The van der Waals surface area contributed by atoms with Crippen molar-refractivity contribution in [2.45, 2.75) is 52.2 Å². The Kier molecular flexibility index (Phi) is 7.07. The molecule has 5 heteroatoms. The van der Waals surface area contributed by atoms with Crippen molar-refractivity contribution in [1.29, 1.82) is 0 Å². The summed E-state index contributed by atoms with van der Waals surface area (Å²) in [5.74, 6) is -0.372. The van der Waals surface area contributed by atoms with Gasteiger partial charge in [0.2, 0.25) is 0 Å². The average molecular weight is 321 g/mol. The maximum absolute atomic E-state index is 11.8. The van der Waals surface area contributed by atoms with E-state index in [1.165, 1.54) is 17.6 Å². The van der Waals surface area contributed by atoms with E-state index in [0.29, 0.717) is 13.0 Å². The van der Waals surface area contributed by atoms with Gasteiger partial charge in [0.05, 0.1) is 7.11 Å². The molecule has 0 aromatic heterocycles. The standard InChI is InChI=1S/C11H19NO4.C7H8/c1-11(2,3)16-10(14)12-7-5-6-8(12)9(13)15-4;1-7-5-3-2-4-6-7/h8H,5-7H2,1-4H3;2-6H,1H3. The summed E-state index contributed by atoms with van der Waals surface area (Å²) in [4.78, 5) is 24.7. The predicted octanol–water partition coefficient (Wildman–Crippen LogP) is 3.55. The highest BCUT2D eigenvalue weighted by atomic mass is 16.6. The van der Waals surface area contributed by atoms with Crippen molar-refractivity contribution < 1.29 is 19.1 Å². The fourth-order valence-electron chi connectivity index (χ4n) is 2.22. The number of rotatable bonds is 1. The summed E-state index contributed by atoms with van der Waals surface area (Å²) < 4.78 is 9.88. The molecule has 0 N–H and O–H groups in total. The molecule has 5 nitrogen and oxygen atoms in total. The third kappa shape index (κ3) is 6.72. The molecule has 0 saturated carbocycles. The van der Waals surface area contributed by atoms with Crippen molar-refractivity contribution >= 4 is 12.1 Å². The number of benzene rings is 1. The SMILES string of the molecule is COC(=O)C1CCCN1C(=O)OC(C)(C)C.Cc1ccccc1. The molecular weight excluding hydrogens is 294 g/mol. The molecular formula is C18H27NO4. The van der Waals surface area contributed by atoms with Gasteiger partial charge in [0, 0.05) is 6.54 Å². The van der Waals surface area contributed by atoms with Gasteiger partial charge in [-0.15, -0.1) is 0 Å². The van der Waals surface area contributed by atoms with Gasteiger partial charge < -0.3 is 9.47 Å². The molecule has 1 aliphatic heterocycles. The van der Waals surface area contributed by atoms with E-state index in [1.54, 1.807) is 20.8 Å². The van der Waals surface area contributed by atoms with Gasteiger partial charge in [-0.05, 0) is 40.5 Å². The second kappa shape index (κ2) is 8.56. The van der Waals surface area contributed by atoms with Crippen LogP contribution in [0.15, 0.2) is 30.3 Å². The van der Waals surface area contributed by atoms with Gasteiger partial charge in [-0.25, -0.2) is 9.59 Å². The van der Waals surface area contributed by atoms with Gasteiger partial charge in [0.25, 0.3) is 0 Å². The Balaban J connectivity index is 0.000000313. The normalized spacial score (nSPS) is 17.1. The fraction of sp³-hybridized carbons (Fsp3) is 0.556. The monoisotopic (exact) mass is 321 g/mol. The second-order valence-electron chi connectivity index (χ2n) is 6.51. The van der Waals surface area contributed by atoms with E-state index in [1.807, 2.05) is 18.2 Å². The Bertz CT molecular complexity index is 508. The molecule has 1 aromatic rings. The zero-order valence-corrected chi connectivity index (χ0v) is 14.7. The average Bonchev–Trinajstić information content (AvgIpc) is 2.96. The smallest absolute Gasteiger partial charge is 0.411 e. The maximum Gasteiger partial charge on any atom is 0.411 e. The van der Waals surface area contributed by atoms with Crippen LogP contribution < -0.4 is 0 Å². The highest BCUT2D eigenvalue weighted by Gasteiger charge is 2.37. The molecule has 1 aromatic carbocycles. The van der Waals surface area contributed by atoms with Crippen LogP contribution in [0.3, 0.4) is 0 Å². The summed E-state index contributed by atoms with van der Waals surface area (Å²) >= 11 is 0. The van der Waals surface area contributed by atoms with Crippen molar-refractivity contribution in [2.24, 2.45) is 0 Å². The molecule has 0 bridgehead atoms. The van der Waals surface area contributed by atoms with Crippen LogP contribution in [0.5, 0.6) is 0 Å². The van der Waals surface area contributed by atoms with Crippen LogP contribution in [-0.4, -0.2) is 42.3 Å². The molecule has 128 valence electrons. The van der Waals surface area contributed by atoms with Crippen LogP contribution in [0.25, 0.3) is 0 Å². The molecule has 0 aliphatic carbocycles. The lowest BCUT2D eigenvalue weighted by Gasteiger charge is -2.27. The van der Waals surface area contributed by atoms with Gasteiger partial charge in [-0.2, -0.15) is 0 Å². The quantitative estimate of drug-likeness (QED) is 0.742. The van der Waals surface area contributed by atoms with Gasteiger partial charge >= 0.3 is 12.1 Å². The number of ether oxygens (including phenoxy) is 2. The van der Waals surface area contributed by atoms with E-state index in [0.717, 1.165) is 6.42 Å². The number of carbonyl (C=O) groups is 2. The largest absolute Gasteiger partial charge is 0.467 e. The van der Waals surface area contributed by atoms with E-state index in [-0.39, 0.29) is 5.97 Å². The molecule has 0 spiro atoms. The molecule has 1 heterocycles. The number of likely N-dealkylation sites (tertiary alicyclic amines) is 1. The summed E-state index contributed by atoms with van der Waals surface area (Å²) in [5, 5.41) is 0. The fourth-order valence-corrected chi connectivity index (χ4v) is 2.22. The molecule has 1 unspecified atom stereocenters. The summed E-state index contributed by atoms with van der Waals surface area (Å²) in [6.45, 7) is 8.03. The first-order valence-corrected chi connectivity index (χ1v) is 7.83. The number of aryl methyl sites for hydroxylation is 1. The third-order valence-electron chi connectivity index (χ3n) is 3.29. The van der Waals surface area contributed by atoms with E-state index in [4.69, 9.17) is 4.74 Å². The first-order valence-electron chi connectivity index (χ1n) is 7.83. The zero-order chi connectivity index (χ0) is 17.5. The first kappa shape index (κ1) is 19.0. The maximum atomic E-state index is 11.8. The molecule has 0 radical (unpaired) electrons. The van der Waals surface area contributed by atoms with Crippen molar-refractivity contribution in [2.75, 3.05) is 13.7 Å². The molecule has 2 rings (SSSR count). The minimum absolute atomic E-state index is 0.372. The number of nitrogens with zero attached hydrogens (tertiary/aromatic N) is 1. The van der Waals surface area contributed by atoms with E-state index in [9.17, 15) is 9.59 Å². The Morgan fingerprint density at radius 2 is 1.78 bits per heavy atom.